The maximum Gasteiger partial charge on any atom is 0.249 e. The number of nitrogens with zero attached hydrogens (tertiary/aromatic N) is 1. The third kappa shape index (κ3) is 6.74. The summed E-state index contributed by atoms with van der Waals surface area (Å²) >= 11 is 3.38. The Balaban J connectivity index is 1.89. The van der Waals surface area contributed by atoms with Gasteiger partial charge in [-0.15, -0.1) is 0 Å². The Morgan fingerprint density at radius 1 is 1.19 bits per heavy atom. The van der Waals surface area contributed by atoms with Crippen LogP contribution in [0.5, 0.6) is 11.5 Å². The van der Waals surface area contributed by atoms with Gasteiger partial charge in [-0.2, -0.15) is 5.10 Å². The van der Waals surface area contributed by atoms with Gasteiger partial charge in [0.15, 0.2) is 0 Å². The molecule has 0 bridgehead atoms. The van der Waals surface area contributed by atoms with E-state index in [1.54, 1.807) is 30.3 Å². The number of amides is 2. The van der Waals surface area contributed by atoms with Crippen LogP contribution < -0.4 is 20.2 Å². The van der Waals surface area contributed by atoms with Gasteiger partial charge in [-0.25, -0.2) is 5.43 Å². The van der Waals surface area contributed by atoms with Crippen LogP contribution in [0.15, 0.2) is 52.0 Å². The lowest BCUT2D eigenvalue weighted by Gasteiger charge is -2.07. The molecule has 2 N–H and O–H groups in total. The molecule has 0 aliphatic rings. The van der Waals surface area contributed by atoms with E-state index in [9.17, 15) is 9.59 Å². The van der Waals surface area contributed by atoms with Gasteiger partial charge >= 0.3 is 0 Å². The van der Waals surface area contributed by atoms with Crippen molar-refractivity contribution in [3.8, 4) is 11.5 Å². The second kappa shape index (κ2) is 10.3. The lowest BCUT2D eigenvalue weighted by Crippen LogP contribution is -2.24. The van der Waals surface area contributed by atoms with Gasteiger partial charge in [0.2, 0.25) is 11.8 Å². The highest BCUT2D eigenvalue weighted by Crippen LogP contribution is 2.21. The standard InChI is InChI=1S/C19H20BrN3O4/c1-3-27-17-8-7-14(20)9-13(17)12-21-23-19(25)11-18(24)22-15-5-4-6-16(10-15)26-2/h4-10,12H,3,11H2,1-2H3,(H,22,24)(H,23,25). The molecule has 0 aliphatic heterocycles. The van der Waals surface area contributed by atoms with Gasteiger partial charge in [-0.05, 0) is 37.3 Å². The van der Waals surface area contributed by atoms with Crippen LogP contribution in [-0.4, -0.2) is 31.7 Å². The third-order valence-electron chi connectivity index (χ3n) is 3.34. The van der Waals surface area contributed by atoms with Crippen molar-refractivity contribution in [1.82, 2.24) is 5.43 Å². The first-order valence-corrected chi connectivity index (χ1v) is 8.99. The lowest BCUT2D eigenvalue weighted by molar-refractivity contribution is -0.126. The summed E-state index contributed by atoms with van der Waals surface area (Å²) < 4.78 is 11.4. The van der Waals surface area contributed by atoms with Gasteiger partial charge < -0.3 is 14.8 Å². The van der Waals surface area contributed by atoms with E-state index in [2.05, 4.69) is 31.8 Å². The van der Waals surface area contributed by atoms with Crippen molar-refractivity contribution in [1.29, 1.82) is 0 Å². The monoisotopic (exact) mass is 433 g/mol. The zero-order chi connectivity index (χ0) is 19.6. The van der Waals surface area contributed by atoms with Crippen LogP contribution in [0.4, 0.5) is 5.69 Å². The average molecular weight is 434 g/mol. The molecule has 8 heteroatoms. The molecule has 0 aromatic heterocycles. The van der Waals surface area contributed by atoms with Crippen molar-refractivity contribution in [3.05, 3.63) is 52.5 Å². The molecule has 0 unspecified atom stereocenters. The second-order valence-electron chi connectivity index (χ2n) is 5.37. The van der Waals surface area contributed by atoms with Gasteiger partial charge in [0.25, 0.3) is 0 Å². The number of halogens is 1. The summed E-state index contributed by atoms with van der Waals surface area (Å²) in [6.45, 7) is 2.39. The molecular formula is C19H20BrN3O4. The van der Waals surface area contributed by atoms with Crippen molar-refractivity contribution >= 4 is 39.6 Å². The molecular weight excluding hydrogens is 414 g/mol. The molecule has 0 heterocycles. The first-order valence-electron chi connectivity index (χ1n) is 8.20. The van der Waals surface area contributed by atoms with E-state index in [4.69, 9.17) is 9.47 Å². The number of anilines is 1. The number of ether oxygens (including phenoxy) is 2. The topological polar surface area (TPSA) is 89.0 Å². The Bertz CT molecular complexity index is 839. The molecule has 7 nitrogen and oxygen atoms in total. The Kier molecular flexibility index (Phi) is 7.81. The molecule has 2 aromatic carbocycles. The minimum atomic E-state index is -0.528. The summed E-state index contributed by atoms with van der Waals surface area (Å²) in [6, 6.07) is 12.3. The number of rotatable bonds is 8. The maximum atomic E-state index is 11.9. The molecule has 0 saturated heterocycles. The highest BCUT2D eigenvalue weighted by atomic mass is 79.9. The van der Waals surface area contributed by atoms with E-state index in [-0.39, 0.29) is 6.42 Å². The molecule has 0 saturated carbocycles. The van der Waals surface area contributed by atoms with E-state index in [1.807, 2.05) is 19.1 Å². The van der Waals surface area contributed by atoms with Gasteiger partial charge in [-0.1, -0.05) is 22.0 Å². The van der Waals surface area contributed by atoms with E-state index in [0.29, 0.717) is 29.4 Å². The van der Waals surface area contributed by atoms with Crippen molar-refractivity contribution in [3.63, 3.8) is 0 Å². The molecule has 0 aliphatic carbocycles. The number of nitrogens with one attached hydrogen (secondary N) is 2. The summed E-state index contributed by atoms with van der Waals surface area (Å²) in [5.41, 5.74) is 3.58. The zero-order valence-electron chi connectivity index (χ0n) is 15.0. The minimum Gasteiger partial charge on any atom is -0.497 e. The van der Waals surface area contributed by atoms with Crippen LogP contribution in [0.3, 0.4) is 0 Å². The number of methoxy groups -OCH3 is 1. The minimum absolute atomic E-state index is 0.356. The number of hydrogen-bond donors (Lipinski definition) is 2. The zero-order valence-corrected chi connectivity index (χ0v) is 16.6. The fraction of sp³-hybridized carbons (Fsp3) is 0.211. The largest absolute Gasteiger partial charge is 0.497 e. The summed E-state index contributed by atoms with van der Waals surface area (Å²) in [7, 11) is 1.54. The van der Waals surface area contributed by atoms with E-state index in [0.717, 1.165) is 4.47 Å². The highest BCUT2D eigenvalue weighted by Gasteiger charge is 2.09. The van der Waals surface area contributed by atoms with Crippen LogP contribution >= 0.6 is 15.9 Å². The summed E-state index contributed by atoms with van der Waals surface area (Å²) in [5, 5.41) is 6.52. The van der Waals surface area contributed by atoms with Crippen LogP contribution in [-0.2, 0) is 9.59 Å². The normalized spacial score (nSPS) is 10.5. The van der Waals surface area contributed by atoms with Crippen molar-refractivity contribution < 1.29 is 19.1 Å². The Hall–Kier alpha value is -2.87. The third-order valence-corrected chi connectivity index (χ3v) is 3.83. The predicted molar refractivity (Wildman–Crippen MR) is 107 cm³/mol. The molecule has 27 heavy (non-hydrogen) atoms. The molecule has 0 radical (unpaired) electrons. The highest BCUT2D eigenvalue weighted by molar-refractivity contribution is 9.10. The number of carbonyl (C=O) groups is 2. The maximum absolute atomic E-state index is 11.9. The fourth-order valence-electron chi connectivity index (χ4n) is 2.17. The van der Waals surface area contributed by atoms with Crippen LogP contribution in [0.25, 0.3) is 0 Å². The summed E-state index contributed by atoms with van der Waals surface area (Å²) in [4.78, 5) is 23.8. The molecule has 0 spiro atoms. The van der Waals surface area contributed by atoms with Gasteiger partial charge in [0.05, 0.1) is 19.9 Å². The smallest absolute Gasteiger partial charge is 0.249 e. The van der Waals surface area contributed by atoms with E-state index < -0.39 is 11.8 Å². The van der Waals surface area contributed by atoms with Crippen LogP contribution in [0.1, 0.15) is 18.9 Å². The van der Waals surface area contributed by atoms with Crippen molar-refractivity contribution in [2.75, 3.05) is 19.0 Å². The summed E-state index contributed by atoms with van der Waals surface area (Å²) in [5.74, 6) is 0.281. The number of hydrazone groups is 1. The molecule has 2 rings (SSSR count). The first-order chi connectivity index (χ1) is 13.0. The predicted octanol–water partition coefficient (Wildman–Crippen LogP) is 3.34. The number of hydrogen-bond acceptors (Lipinski definition) is 5. The Morgan fingerprint density at radius 2 is 2.00 bits per heavy atom. The number of benzene rings is 2. The summed E-state index contributed by atoms with van der Waals surface area (Å²) in [6.07, 6.45) is 1.11. The quantitative estimate of drug-likeness (QED) is 0.379. The molecule has 142 valence electrons. The van der Waals surface area contributed by atoms with Crippen molar-refractivity contribution in [2.45, 2.75) is 13.3 Å². The lowest BCUT2D eigenvalue weighted by atomic mass is 10.2. The molecule has 0 fully saturated rings. The van der Waals surface area contributed by atoms with Gasteiger partial charge in [0, 0.05) is 21.8 Å². The Morgan fingerprint density at radius 3 is 2.74 bits per heavy atom. The van der Waals surface area contributed by atoms with Gasteiger partial charge in [0.1, 0.15) is 17.9 Å². The van der Waals surface area contributed by atoms with Crippen molar-refractivity contribution in [2.24, 2.45) is 5.10 Å². The molecule has 2 amide bonds. The van der Waals surface area contributed by atoms with Gasteiger partial charge in [-0.3, -0.25) is 9.59 Å². The van der Waals surface area contributed by atoms with E-state index >= 15 is 0 Å². The second-order valence-corrected chi connectivity index (χ2v) is 6.28. The Labute approximate surface area is 165 Å². The SMILES string of the molecule is CCOc1ccc(Br)cc1C=NNC(=O)CC(=O)Nc1cccc(OC)c1. The average Bonchev–Trinajstić information content (AvgIpc) is 2.64. The van der Waals surface area contributed by atoms with E-state index in [1.165, 1.54) is 13.3 Å². The van der Waals surface area contributed by atoms with Crippen LogP contribution in [0.2, 0.25) is 0 Å². The molecule has 2 aromatic rings. The first kappa shape index (κ1) is 20.4. The van der Waals surface area contributed by atoms with Crippen LogP contribution in [0, 0.1) is 0 Å². The fourth-order valence-corrected chi connectivity index (χ4v) is 2.55. The molecule has 0 atom stereocenters. The number of carbonyl (C=O) groups excluding carboxylic acids is 2.